The van der Waals surface area contributed by atoms with Crippen LogP contribution >= 0.6 is 11.8 Å². The molecule has 144 valence electrons. The molecule has 1 aromatic heterocycles. The van der Waals surface area contributed by atoms with Crippen molar-refractivity contribution in [3.8, 4) is 5.69 Å². The lowest BCUT2D eigenvalue weighted by Gasteiger charge is -2.12. The van der Waals surface area contributed by atoms with Crippen LogP contribution in [0.15, 0.2) is 53.7 Å². The Morgan fingerprint density at radius 2 is 1.79 bits per heavy atom. The number of halogens is 1. The molecule has 0 bridgehead atoms. The molecule has 1 heterocycles. The second kappa shape index (κ2) is 8.61. The van der Waals surface area contributed by atoms with E-state index in [0.29, 0.717) is 22.2 Å². The number of thioether (sulfide) groups is 1. The Morgan fingerprint density at radius 1 is 1.11 bits per heavy atom. The Kier molecular flexibility index (Phi) is 5.99. The Labute approximate surface area is 164 Å². The largest absolute Gasteiger partial charge is 0.326 e. The van der Waals surface area contributed by atoms with Gasteiger partial charge in [-0.3, -0.25) is 9.59 Å². The van der Waals surface area contributed by atoms with Gasteiger partial charge in [0.25, 0.3) is 0 Å². The Hall–Kier alpha value is -3.27. The number of nitrogens with zero attached hydrogens (tertiary/aromatic N) is 4. The van der Waals surface area contributed by atoms with Crippen LogP contribution in [-0.4, -0.2) is 37.3 Å². The molecule has 2 amide bonds. The number of hydrogen-bond acceptors (Lipinski definition) is 6. The van der Waals surface area contributed by atoms with E-state index in [-0.39, 0.29) is 11.8 Å². The van der Waals surface area contributed by atoms with E-state index in [1.165, 1.54) is 23.7 Å². The van der Waals surface area contributed by atoms with Gasteiger partial charge < -0.3 is 10.6 Å². The number of carbonyl (C=O) groups excluding carboxylic acids is 2. The SMILES string of the molecule is CC(=O)Nc1ccc(NC(=O)C(C)Sc2nnnn2-c2cccc(F)c2)cc1. The molecule has 0 aliphatic carbocycles. The van der Waals surface area contributed by atoms with Gasteiger partial charge in [0.05, 0.1) is 10.9 Å². The summed E-state index contributed by atoms with van der Waals surface area (Å²) >= 11 is 1.15. The van der Waals surface area contributed by atoms with Gasteiger partial charge in [0.2, 0.25) is 17.0 Å². The van der Waals surface area contributed by atoms with Crippen molar-refractivity contribution in [2.24, 2.45) is 0 Å². The highest BCUT2D eigenvalue weighted by molar-refractivity contribution is 8.00. The van der Waals surface area contributed by atoms with Crippen molar-refractivity contribution in [1.82, 2.24) is 20.2 Å². The Bertz CT molecular complexity index is 992. The zero-order valence-electron chi connectivity index (χ0n) is 15.1. The molecule has 0 aliphatic heterocycles. The molecule has 3 aromatic rings. The van der Waals surface area contributed by atoms with Crippen molar-refractivity contribution in [2.75, 3.05) is 10.6 Å². The first-order chi connectivity index (χ1) is 13.4. The molecule has 1 unspecified atom stereocenters. The van der Waals surface area contributed by atoms with Crippen LogP contribution in [0.25, 0.3) is 5.69 Å². The summed E-state index contributed by atoms with van der Waals surface area (Å²) in [5.41, 5.74) is 1.70. The third-order valence-electron chi connectivity index (χ3n) is 3.62. The molecule has 2 aromatic carbocycles. The van der Waals surface area contributed by atoms with Crippen molar-refractivity contribution in [1.29, 1.82) is 0 Å². The molecule has 1 atom stereocenters. The highest BCUT2D eigenvalue weighted by Crippen LogP contribution is 2.24. The lowest BCUT2D eigenvalue weighted by Crippen LogP contribution is -2.23. The van der Waals surface area contributed by atoms with Gasteiger partial charge in [-0.05, 0) is 59.8 Å². The van der Waals surface area contributed by atoms with E-state index < -0.39 is 11.1 Å². The highest BCUT2D eigenvalue weighted by Gasteiger charge is 2.19. The van der Waals surface area contributed by atoms with E-state index in [9.17, 15) is 14.0 Å². The number of benzene rings is 2. The van der Waals surface area contributed by atoms with Crippen molar-refractivity contribution in [3.63, 3.8) is 0 Å². The average molecular weight is 400 g/mol. The van der Waals surface area contributed by atoms with Crippen LogP contribution < -0.4 is 10.6 Å². The smallest absolute Gasteiger partial charge is 0.237 e. The summed E-state index contributed by atoms with van der Waals surface area (Å²) in [4.78, 5) is 23.5. The van der Waals surface area contributed by atoms with Gasteiger partial charge in [-0.25, -0.2) is 4.39 Å². The fourth-order valence-electron chi connectivity index (χ4n) is 2.32. The third kappa shape index (κ3) is 4.92. The summed E-state index contributed by atoms with van der Waals surface area (Å²) in [6.45, 7) is 3.14. The van der Waals surface area contributed by atoms with E-state index in [2.05, 4.69) is 26.2 Å². The molecule has 3 rings (SSSR count). The van der Waals surface area contributed by atoms with Crippen LogP contribution in [0.1, 0.15) is 13.8 Å². The second-order valence-corrected chi connectivity index (χ2v) is 7.17. The molecule has 0 fully saturated rings. The molecule has 28 heavy (non-hydrogen) atoms. The molecule has 0 radical (unpaired) electrons. The van der Waals surface area contributed by atoms with Crippen LogP contribution in [0.4, 0.5) is 15.8 Å². The first-order valence-corrected chi connectivity index (χ1v) is 9.20. The molecule has 0 aliphatic rings. The third-order valence-corrected chi connectivity index (χ3v) is 4.65. The summed E-state index contributed by atoms with van der Waals surface area (Å²) in [7, 11) is 0. The van der Waals surface area contributed by atoms with Gasteiger partial charge in [0.15, 0.2) is 0 Å². The van der Waals surface area contributed by atoms with Gasteiger partial charge in [-0.2, -0.15) is 4.68 Å². The van der Waals surface area contributed by atoms with Gasteiger partial charge in [-0.15, -0.1) is 5.10 Å². The zero-order valence-corrected chi connectivity index (χ0v) is 15.9. The predicted molar refractivity (Wildman–Crippen MR) is 104 cm³/mol. The zero-order chi connectivity index (χ0) is 20.1. The number of nitrogens with one attached hydrogen (secondary N) is 2. The number of carbonyl (C=O) groups is 2. The Balaban J connectivity index is 1.65. The number of hydrogen-bond donors (Lipinski definition) is 2. The van der Waals surface area contributed by atoms with Crippen LogP contribution in [0.3, 0.4) is 0 Å². The molecular formula is C18H17FN6O2S. The molecule has 0 saturated heterocycles. The predicted octanol–water partition coefficient (Wildman–Crippen LogP) is 2.88. The summed E-state index contributed by atoms with van der Waals surface area (Å²) in [5.74, 6) is -0.818. The van der Waals surface area contributed by atoms with Gasteiger partial charge in [0.1, 0.15) is 5.82 Å². The topological polar surface area (TPSA) is 102 Å². The van der Waals surface area contributed by atoms with E-state index in [1.54, 1.807) is 43.3 Å². The van der Waals surface area contributed by atoms with E-state index in [1.807, 2.05) is 0 Å². The number of rotatable bonds is 6. The maximum absolute atomic E-state index is 13.4. The average Bonchev–Trinajstić information content (AvgIpc) is 3.11. The van der Waals surface area contributed by atoms with Crippen molar-refractivity contribution in [3.05, 3.63) is 54.3 Å². The standard InChI is InChI=1S/C18H17FN6O2S/c1-11(17(27)21-15-8-6-14(7-9-15)20-12(2)26)28-18-22-23-24-25(18)16-5-3-4-13(19)10-16/h3-11H,1-2H3,(H,20,26)(H,21,27). The number of amides is 2. The fraction of sp³-hybridized carbons (Fsp3) is 0.167. The van der Waals surface area contributed by atoms with E-state index in [4.69, 9.17) is 0 Å². The number of anilines is 2. The fourth-order valence-corrected chi connectivity index (χ4v) is 3.13. The van der Waals surface area contributed by atoms with Crippen LogP contribution in [0.5, 0.6) is 0 Å². The van der Waals surface area contributed by atoms with Gasteiger partial charge >= 0.3 is 0 Å². The maximum Gasteiger partial charge on any atom is 0.237 e. The summed E-state index contributed by atoms with van der Waals surface area (Å²) in [5, 5.41) is 16.7. The van der Waals surface area contributed by atoms with Crippen LogP contribution in [0.2, 0.25) is 0 Å². The lowest BCUT2D eigenvalue weighted by atomic mass is 10.2. The quantitative estimate of drug-likeness (QED) is 0.617. The number of tetrazole rings is 1. The van der Waals surface area contributed by atoms with Crippen molar-refractivity contribution in [2.45, 2.75) is 24.3 Å². The molecule has 0 saturated carbocycles. The normalized spacial score (nSPS) is 11.7. The first-order valence-electron chi connectivity index (χ1n) is 8.32. The second-order valence-electron chi connectivity index (χ2n) is 5.86. The Morgan fingerprint density at radius 3 is 2.43 bits per heavy atom. The maximum atomic E-state index is 13.4. The molecular weight excluding hydrogens is 383 g/mol. The van der Waals surface area contributed by atoms with Gasteiger partial charge in [-0.1, -0.05) is 17.8 Å². The van der Waals surface area contributed by atoms with Crippen LogP contribution in [-0.2, 0) is 9.59 Å². The summed E-state index contributed by atoms with van der Waals surface area (Å²) in [6.07, 6.45) is 0. The molecule has 2 N–H and O–H groups in total. The minimum absolute atomic E-state index is 0.169. The summed E-state index contributed by atoms with van der Waals surface area (Å²) in [6, 6.07) is 12.6. The molecule has 0 spiro atoms. The van der Waals surface area contributed by atoms with E-state index in [0.717, 1.165) is 11.8 Å². The van der Waals surface area contributed by atoms with Gasteiger partial charge in [0, 0.05) is 18.3 Å². The molecule has 8 nitrogen and oxygen atoms in total. The van der Waals surface area contributed by atoms with Crippen molar-refractivity contribution >= 4 is 35.0 Å². The lowest BCUT2D eigenvalue weighted by molar-refractivity contribution is -0.115. The van der Waals surface area contributed by atoms with Crippen LogP contribution in [0, 0.1) is 5.82 Å². The monoisotopic (exact) mass is 400 g/mol. The molecule has 10 heteroatoms. The minimum atomic E-state index is -0.506. The van der Waals surface area contributed by atoms with Crippen molar-refractivity contribution < 1.29 is 14.0 Å². The highest BCUT2D eigenvalue weighted by atomic mass is 32.2. The number of aromatic nitrogens is 4. The first kappa shape index (κ1) is 19.5. The van der Waals surface area contributed by atoms with E-state index >= 15 is 0 Å². The summed E-state index contributed by atoms with van der Waals surface area (Å²) < 4.78 is 14.8. The minimum Gasteiger partial charge on any atom is -0.326 e.